The van der Waals surface area contributed by atoms with Crippen molar-refractivity contribution in [3.63, 3.8) is 0 Å². The molecule has 3 nitrogen and oxygen atoms in total. The largest absolute Gasteiger partial charge is 0.435 e. The molecular formula is C16H14F2N2O. The van der Waals surface area contributed by atoms with Gasteiger partial charge in [-0.1, -0.05) is 0 Å². The Morgan fingerprint density at radius 3 is 2.38 bits per heavy atom. The molecule has 108 valence electrons. The molecular weight excluding hydrogens is 274 g/mol. The van der Waals surface area contributed by atoms with E-state index in [-0.39, 0.29) is 5.75 Å². The summed E-state index contributed by atoms with van der Waals surface area (Å²) in [6.45, 7) is 1.28. The average molecular weight is 288 g/mol. The van der Waals surface area contributed by atoms with E-state index in [0.717, 1.165) is 16.6 Å². The molecule has 0 saturated carbocycles. The number of aromatic nitrogens is 2. The molecule has 0 amide bonds. The zero-order chi connectivity index (χ0) is 15.0. The van der Waals surface area contributed by atoms with Gasteiger partial charge in [-0.15, -0.1) is 0 Å². The van der Waals surface area contributed by atoms with Gasteiger partial charge in [0, 0.05) is 5.56 Å². The van der Waals surface area contributed by atoms with Crippen molar-refractivity contribution in [3.05, 3.63) is 47.5 Å². The quantitative estimate of drug-likeness (QED) is 0.773. The molecule has 0 aliphatic heterocycles. The predicted molar refractivity (Wildman–Crippen MR) is 77.6 cm³/mol. The van der Waals surface area contributed by atoms with Crippen LogP contribution in [-0.2, 0) is 0 Å². The SMILES string of the molecule is Cc1cc2nc(-c3ccc(OC(F)F)cc3)[nH]c2cc1C. The number of rotatable bonds is 3. The first kappa shape index (κ1) is 13.5. The number of fused-ring (bicyclic) bond motifs is 1. The second-order valence-corrected chi connectivity index (χ2v) is 4.94. The zero-order valence-corrected chi connectivity index (χ0v) is 11.7. The normalized spacial score (nSPS) is 11.3. The number of nitrogens with zero attached hydrogens (tertiary/aromatic N) is 1. The van der Waals surface area contributed by atoms with Gasteiger partial charge in [0.1, 0.15) is 11.6 Å². The maximum Gasteiger partial charge on any atom is 0.387 e. The van der Waals surface area contributed by atoms with Gasteiger partial charge in [0.25, 0.3) is 0 Å². The van der Waals surface area contributed by atoms with E-state index in [1.165, 1.54) is 23.3 Å². The lowest BCUT2D eigenvalue weighted by molar-refractivity contribution is -0.0498. The lowest BCUT2D eigenvalue weighted by Gasteiger charge is -2.04. The number of aryl methyl sites for hydroxylation is 2. The Morgan fingerprint density at radius 1 is 1.05 bits per heavy atom. The van der Waals surface area contributed by atoms with Crippen LogP contribution in [0.4, 0.5) is 8.78 Å². The van der Waals surface area contributed by atoms with E-state index in [1.807, 2.05) is 19.9 Å². The van der Waals surface area contributed by atoms with Crippen LogP contribution in [0.15, 0.2) is 36.4 Å². The number of ether oxygens (including phenoxy) is 1. The number of aromatic amines is 1. The lowest BCUT2D eigenvalue weighted by Crippen LogP contribution is -2.01. The van der Waals surface area contributed by atoms with Crippen molar-refractivity contribution in [2.45, 2.75) is 20.5 Å². The molecule has 2 aromatic carbocycles. The molecule has 0 aliphatic rings. The number of imidazole rings is 1. The van der Waals surface area contributed by atoms with Crippen LogP contribution in [0.2, 0.25) is 0 Å². The summed E-state index contributed by atoms with van der Waals surface area (Å²) in [6.07, 6.45) is 0. The second kappa shape index (κ2) is 5.16. The van der Waals surface area contributed by atoms with Crippen molar-refractivity contribution >= 4 is 11.0 Å². The van der Waals surface area contributed by atoms with Crippen LogP contribution in [0.1, 0.15) is 11.1 Å². The van der Waals surface area contributed by atoms with Crippen molar-refractivity contribution in [1.82, 2.24) is 9.97 Å². The molecule has 0 unspecified atom stereocenters. The number of hydrogen-bond donors (Lipinski definition) is 1. The summed E-state index contributed by atoms with van der Waals surface area (Å²) in [5.74, 6) is 0.843. The molecule has 3 aromatic rings. The summed E-state index contributed by atoms with van der Waals surface area (Å²) in [5.41, 5.74) is 5.05. The molecule has 21 heavy (non-hydrogen) atoms. The van der Waals surface area contributed by atoms with Crippen LogP contribution in [0.3, 0.4) is 0 Å². The minimum absolute atomic E-state index is 0.136. The molecule has 0 atom stereocenters. The number of alkyl halides is 2. The Hall–Kier alpha value is -2.43. The highest BCUT2D eigenvalue weighted by Crippen LogP contribution is 2.25. The van der Waals surface area contributed by atoms with Gasteiger partial charge in [0.2, 0.25) is 0 Å². The Bertz CT molecular complexity index is 740. The predicted octanol–water partition coefficient (Wildman–Crippen LogP) is 4.45. The van der Waals surface area contributed by atoms with Crippen LogP contribution in [0, 0.1) is 13.8 Å². The molecule has 0 radical (unpaired) electrons. The van der Waals surface area contributed by atoms with Crippen molar-refractivity contribution in [2.24, 2.45) is 0 Å². The van der Waals surface area contributed by atoms with Gasteiger partial charge in [0.15, 0.2) is 0 Å². The number of benzene rings is 2. The highest BCUT2D eigenvalue weighted by atomic mass is 19.3. The van der Waals surface area contributed by atoms with Crippen molar-refractivity contribution in [1.29, 1.82) is 0 Å². The van der Waals surface area contributed by atoms with Crippen LogP contribution in [-0.4, -0.2) is 16.6 Å². The number of hydrogen-bond acceptors (Lipinski definition) is 2. The van der Waals surface area contributed by atoms with Gasteiger partial charge in [-0.3, -0.25) is 0 Å². The van der Waals surface area contributed by atoms with Gasteiger partial charge in [0.05, 0.1) is 11.0 Å². The monoisotopic (exact) mass is 288 g/mol. The second-order valence-electron chi connectivity index (χ2n) is 4.94. The van der Waals surface area contributed by atoms with Crippen molar-refractivity contribution in [2.75, 3.05) is 0 Å². The highest BCUT2D eigenvalue weighted by molar-refractivity contribution is 5.81. The maximum absolute atomic E-state index is 12.1. The lowest BCUT2D eigenvalue weighted by atomic mass is 10.1. The molecule has 0 fully saturated rings. The summed E-state index contributed by atoms with van der Waals surface area (Å²) >= 11 is 0. The van der Waals surface area contributed by atoms with Gasteiger partial charge in [-0.2, -0.15) is 8.78 Å². The van der Waals surface area contributed by atoms with Crippen molar-refractivity contribution < 1.29 is 13.5 Å². The number of halogens is 2. The number of nitrogens with one attached hydrogen (secondary N) is 1. The molecule has 1 aromatic heterocycles. The molecule has 5 heteroatoms. The van der Waals surface area contributed by atoms with E-state index in [4.69, 9.17) is 0 Å². The first-order chi connectivity index (χ1) is 10.0. The van der Waals surface area contributed by atoms with Gasteiger partial charge >= 0.3 is 6.61 Å². The van der Waals surface area contributed by atoms with Crippen LogP contribution in [0.5, 0.6) is 5.75 Å². The molecule has 0 bridgehead atoms. The van der Waals surface area contributed by atoms with E-state index in [9.17, 15) is 8.78 Å². The van der Waals surface area contributed by atoms with E-state index in [1.54, 1.807) is 12.1 Å². The molecule has 0 aliphatic carbocycles. The average Bonchev–Trinajstić information content (AvgIpc) is 2.82. The maximum atomic E-state index is 12.1. The summed E-state index contributed by atoms with van der Waals surface area (Å²) in [7, 11) is 0. The highest BCUT2D eigenvalue weighted by Gasteiger charge is 2.08. The summed E-state index contributed by atoms with van der Waals surface area (Å²) in [4.78, 5) is 7.77. The fourth-order valence-electron chi connectivity index (χ4n) is 2.20. The Balaban J connectivity index is 1.96. The third kappa shape index (κ3) is 2.72. The smallest absolute Gasteiger partial charge is 0.387 e. The minimum atomic E-state index is -2.81. The van der Waals surface area contributed by atoms with E-state index in [0.29, 0.717) is 5.82 Å². The molecule has 3 rings (SSSR count). The van der Waals surface area contributed by atoms with Gasteiger partial charge in [-0.25, -0.2) is 4.98 Å². The third-order valence-electron chi connectivity index (χ3n) is 3.45. The fraction of sp³-hybridized carbons (Fsp3) is 0.188. The van der Waals surface area contributed by atoms with Crippen LogP contribution < -0.4 is 4.74 Å². The molecule has 0 saturated heterocycles. The molecule has 1 heterocycles. The molecule has 0 spiro atoms. The minimum Gasteiger partial charge on any atom is -0.435 e. The fourth-order valence-corrected chi connectivity index (χ4v) is 2.20. The van der Waals surface area contributed by atoms with E-state index >= 15 is 0 Å². The number of H-pyrrole nitrogens is 1. The standard InChI is InChI=1S/C16H14F2N2O/c1-9-7-13-14(8-10(9)2)20-15(19-13)11-3-5-12(6-4-11)21-16(17)18/h3-8,16H,1-2H3,(H,19,20). The Morgan fingerprint density at radius 2 is 1.71 bits per heavy atom. The first-order valence-corrected chi connectivity index (χ1v) is 6.55. The topological polar surface area (TPSA) is 37.9 Å². The van der Waals surface area contributed by atoms with Crippen LogP contribution >= 0.6 is 0 Å². The summed E-state index contributed by atoms with van der Waals surface area (Å²) in [5, 5.41) is 0. The summed E-state index contributed by atoms with van der Waals surface area (Å²) in [6, 6.07) is 10.5. The Labute approximate surface area is 120 Å². The first-order valence-electron chi connectivity index (χ1n) is 6.55. The van der Waals surface area contributed by atoms with Gasteiger partial charge in [-0.05, 0) is 61.4 Å². The van der Waals surface area contributed by atoms with E-state index < -0.39 is 6.61 Å². The van der Waals surface area contributed by atoms with Crippen molar-refractivity contribution in [3.8, 4) is 17.1 Å². The van der Waals surface area contributed by atoms with Gasteiger partial charge < -0.3 is 9.72 Å². The van der Waals surface area contributed by atoms with E-state index in [2.05, 4.69) is 20.8 Å². The molecule has 1 N–H and O–H groups in total. The Kier molecular flexibility index (Phi) is 3.33. The zero-order valence-electron chi connectivity index (χ0n) is 11.7. The van der Waals surface area contributed by atoms with Crippen LogP contribution in [0.25, 0.3) is 22.4 Å². The third-order valence-corrected chi connectivity index (χ3v) is 3.45. The summed E-state index contributed by atoms with van der Waals surface area (Å²) < 4.78 is 28.6.